The first-order chi connectivity index (χ1) is 14.8. The van der Waals surface area contributed by atoms with E-state index in [1.165, 1.54) is 116 Å². The van der Waals surface area contributed by atoms with Gasteiger partial charge in [-0.05, 0) is 86.9 Å². The third-order valence-corrected chi connectivity index (χ3v) is 8.89. The van der Waals surface area contributed by atoms with Gasteiger partial charge in [0.1, 0.15) is 0 Å². The second kappa shape index (κ2) is 13.8. The number of unbranched alkanes of at least 4 members (excludes halogenated alkanes) is 4. The zero-order chi connectivity index (χ0) is 21.0. The molecule has 0 radical (unpaired) electrons. The van der Waals surface area contributed by atoms with Crippen molar-refractivity contribution in [3.05, 3.63) is 24.3 Å². The molecule has 0 heteroatoms. The molecule has 0 aromatic rings. The van der Waals surface area contributed by atoms with Crippen LogP contribution in [0.15, 0.2) is 24.3 Å². The molecule has 0 nitrogen and oxygen atoms in total. The molecule has 3 aliphatic carbocycles. The molecule has 2 atom stereocenters. The lowest BCUT2D eigenvalue weighted by molar-refractivity contribution is 0.206. The van der Waals surface area contributed by atoms with Gasteiger partial charge in [-0.25, -0.2) is 0 Å². The van der Waals surface area contributed by atoms with Crippen LogP contribution in [-0.4, -0.2) is 0 Å². The minimum Gasteiger partial charge on any atom is -0.0848 e. The molecule has 0 saturated heterocycles. The van der Waals surface area contributed by atoms with Gasteiger partial charge in [0.05, 0.1) is 0 Å². The first-order valence-electron chi connectivity index (χ1n) is 14.1. The molecule has 3 rings (SSSR count). The lowest BCUT2D eigenvalue weighted by Crippen LogP contribution is -2.23. The van der Waals surface area contributed by atoms with Crippen molar-refractivity contribution < 1.29 is 0 Å². The largest absolute Gasteiger partial charge is 0.0848 e. The predicted octanol–water partition coefficient (Wildman–Crippen LogP) is 9.90. The maximum Gasteiger partial charge on any atom is -0.00531 e. The molecule has 2 saturated carbocycles. The Morgan fingerprint density at radius 2 is 1.20 bits per heavy atom. The van der Waals surface area contributed by atoms with Gasteiger partial charge < -0.3 is 0 Å². The van der Waals surface area contributed by atoms with Gasteiger partial charge in [0.2, 0.25) is 0 Å². The maximum absolute atomic E-state index is 2.63. The molecule has 0 aromatic heterocycles. The third kappa shape index (κ3) is 8.20. The van der Waals surface area contributed by atoms with E-state index in [9.17, 15) is 0 Å². The van der Waals surface area contributed by atoms with E-state index in [2.05, 4.69) is 38.2 Å². The maximum atomic E-state index is 2.63. The summed E-state index contributed by atoms with van der Waals surface area (Å²) in [6.45, 7) is 4.65. The van der Waals surface area contributed by atoms with E-state index in [1.807, 2.05) is 0 Å². The van der Waals surface area contributed by atoms with Crippen molar-refractivity contribution in [2.24, 2.45) is 35.5 Å². The molecule has 0 bridgehead atoms. The first-order valence-corrected chi connectivity index (χ1v) is 14.1. The Hall–Kier alpha value is -0.520. The summed E-state index contributed by atoms with van der Waals surface area (Å²) < 4.78 is 0. The SMILES string of the molecule is CCCCCC1CCC(/C=C/C2C=CC(C3CCC(CCCCC)CC3)CC2)CC1. The number of hydrogen-bond acceptors (Lipinski definition) is 0. The Morgan fingerprint density at radius 3 is 1.73 bits per heavy atom. The van der Waals surface area contributed by atoms with Crippen molar-refractivity contribution in [3.8, 4) is 0 Å². The van der Waals surface area contributed by atoms with Crippen molar-refractivity contribution in [3.63, 3.8) is 0 Å². The summed E-state index contributed by atoms with van der Waals surface area (Å²) in [6, 6.07) is 0. The Balaban J connectivity index is 1.31. The molecule has 0 N–H and O–H groups in total. The van der Waals surface area contributed by atoms with Gasteiger partial charge in [-0.15, -0.1) is 0 Å². The van der Waals surface area contributed by atoms with Crippen molar-refractivity contribution in [2.75, 3.05) is 0 Å². The Kier molecular flexibility index (Phi) is 11.1. The third-order valence-electron chi connectivity index (χ3n) is 8.89. The van der Waals surface area contributed by atoms with E-state index in [0.717, 1.165) is 35.5 Å². The monoisotopic (exact) mass is 412 g/mol. The molecule has 0 amide bonds. The standard InChI is InChI=1S/C30H52/c1-3-5-7-9-25-11-13-27(14-12-25)15-16-28-19-23-30(24-20-28)29-21-17-26(18-22-29)10-8-6-4-2/h15-16,19,23,25-30H,3-14,17-18,20-22,24H2,1-2H3/b16-15+. The molecule has 172 valence electrons. The highest BCUT2D eigenvalue weighted by Crippen LogP contribution is 2.40. The van der Waals surface area contributed by atoms with Crippen LogP contribution in [0.5, 0.6) is 0 Å². The highest BCUT2D eigenvalue weighted by Gasteiger charge is 2.28. The van der Waals surface area contributed by atoms with Crippen LogP contribution in [0.3, 0.4) is 0 Å². The lowest BCUT2D eigenvalue weighted by Gasteiger charge is -2.35. The summed E-state index contributed by atoms with van der Waals surface area (Å²) in [5.74, 6) is 5.59. The zero-order valence-electron chi connectivity index (χ0n) is 20.5. The van der Waals surface area contributed by atoms with E-state index in [0.29, 0.717) is 0 Å². The van der Waals surface area contributed by atoms with Crippen molar-refractivity contribution >= 4 is 0 Å². The second-order valence-electron chi connectivity index (χ2n) is 11.2. The van der Waals surface area contributed by atoms with Crippen LogP contribution in [0.2, 0.25) is 0 Å². The molecule has 2 unspecified atom stereocenters. The van der Waals surface area contributed by atoms with E-state index in [1.54, 1.807) is 0 Å². The fraction of sp³-hybridized carbons (Fsp3) is 0.867. The van der Waals surface area contributed by atoms with Gasteiger partial charge in [0.25, 0.3) is 0 Å². The average Bonchev–Trinajstić information content (AvgIpc) is 2.80. The normalized spacial score (nSPS) is 35.1. The first kappa shape index (κ1) is 24.1. The highest BCUT2D eigenvalue weighted by atomic mass is 14.3. The predicted molar refractivity (Wildman–Crippen MR) is 134 cm³/mol. The molecule has 0 spiro atoms. The number of rotatable bonds is 11. The van der Waals surface area contributed by atoms with Crippen LogP contribution in [0.4, 0.5) is 0 Å². The molecule has 3 aliphatic rings. The average molecular weight is 413 g/mol. The van der Waals surface area contributed by atoms with E-state index < -0.39 is 0 Å². The number of allylic oxidation sites excluding steroid dienone is 4. The van der Waals surface area contributed by atoms with Crippen molar-refractivity contribution in [1.29, 1.82) is 0 Å². The summed E-state index contributed by atoms with van der Waals surface area (Å²) in [5, 5.41) is 0. The fourth-order valence-corrected chi connectivity index (χ4v) is 6.66. The second-order valence-corrected chi connectivity index (χ2v) is 11.2. The minimum absolute atomic E-state index is 0.730. The van der Waals surface area contributed by atoms with Crippen LogP contribution >= 0.6 is 0 Å². The molecule has 0 heterocycles. The minimum atomic E-state index is 0.730. The van der Waals surface area contributed by atoms with Gasteiger partial charge in [0.15, 0.2) is 0 Å². The van der Waals surface area contributed by atoms with Gasteiger partial charge in [0, 0.05) is 0 Å². The Bertz CT molecular complexity index is 484. The van der Waals surface area contributed by atoms with Crippen LogP contribution in [0, 0.1) is 35.5 Å². The fourth-order valence-electron chi connectivity index (χ4n) is 6.66. The molecule has 0 aliphatic heterocycles. The molecule has 2 fully saturated rings. The Labute approximate surface area is 189 Å². The topological polar surface area (TPSA) is 0 Å². The summed E-state index contributed by atoms with van der Waals surface area (Å²) in [7, 11) is 0. The van der Waals surface area contributed by atoms with Crippen molar-refractivity contribution in [2.45, 2.75) is 129 Å². The van der Waals surface area contributed by atoms with Crippen LogP contribution in [-0.2, 0) is 0 Å². The molecule has 0 aromatic carbocycles. The quantitative estimate of drug-likeness (QED) is 0.234. The number of hydrogen-bond donors (Lipinski definition) is 0. The van der Waals surface area contributed by atoms with E-state index in [4.69, 9.17) is 0 Å². The molecular weight excluding hydrogens is 360 g/mol. The van der Waals surface area contributed by atoms with Crippen molar-refractivity contribution in [1.82, 2.24) is 0 Å². The van der Waals surface area contributed by atoms with Gasteiger partial charge >= 0.3 is 0 Å². The summed E-state index contributed by atoms with van der Waals surface area (Å²) in [5.41, 5.74) is 0. The zero-order valence-corrected chi connectivity index (χ0v) is 20.5. The van der Waals surface area contributed by atoms with Gasteiger partial charge in [-0.2, -0.15) is 0 Å². The highest BCUT2D eigenvalue weighted by molar-refractivity contribution is 5.08. The summed E-state index contributed by atoms with van der Waals surface area (Å²) in [4.78, 5) is 0. The van der Waals surface area contributed by atoms with E-state index in [-0.39, 0.29) is 0 Å². The smallest absolute Gasteiger partial charge is 0.00531 e. The summed E-state index contributed by atoms with van der Waals surface area (Å²) >= 11 is 0. The van der Waals surface area contributed by atoms with Crippen LogP contribution in [0.1, 0.15) is 129 Å². The molecular formula is C30H52. The van der Waals surface area contributed by atoms with Gasteiger partial charge in [-0.1, -0.05) is 102 Å². The van der Waals surface area contributed by atoms with Crippen LogP contribution < -0.4 is 0 Å². The van der Waals surface area contributed by atoms with Gasteiger partial charge in [-0.3, -0.25) is 0 Å². The summed E-state index contributed by atoms with van der Waals surface area (Å²) in [6.07, 6.45) is 36.8. The van der Waals surface area contributed by atoms with Crippen LogP contribution in [0.25, 0.3) is 0 Å². The molecule has 30 heavy (non-hydrogen) atoms. The lowest BCUT2D eigenvalue weighted by atomic mass is 9.71. The van der Waals surface area contributed by atoms with E-state index >= 15 is 0 Å². The Morgan fingerprint density at radius 1 is 0.600 bits per heavy atom.